The predicted molar refractivity (Wildman–Crippen MR) is 124 cm³/mol. The van der Waals surface area contributed by atoms with Crippen LogP contribution in [0.2, 0.25) is 0 Å². The molecule has 1 amide bonds. The summed E-state index contributed by atoms with van der Waals surface area (Å²) in [6.45, 7) is 1.49. The highest BCUT2D eigenvalue weighted by Crippen LogP contribution is 2.37. The van der Waals surface area contributed by atoms with Crippen LogP contribution in [0.15, 0.2) is 17.5 Å². The summed E-state index contributed by atoms with van der Waals surface area (Å²) in [7, 11) is -3.50. The molecular formula is C21H27N3O6S2. The lowest BCUT2D eigenvalue weighted by Gasteiger charge is -2.19. The van der Waals surface area contributed by atoms with Crippen LogP contribution in [0.4, 0.5) is 5.13 Å². The molecule has 32 heavy (non-hydrogen) atoms. The average molecular weight is 482 g/mol. The average Bonchev–Trinajstić information content (AvgIpc) is 3.21. The van der Waals surface area contributed by atoms with Crippen molar-refractivity contribution in [3.63, 3.8) is 0 Å². The van der Waals surface area contributed by atoms with E-state index in [9.17, 15) is 28.5 Å². The molecule has 0 aliphatic carbocycles. The summed E-state index contributed by atoms with van der Waals surface area (Å²) in [4.78, 5) is 16.8. The number of unbranched alkanes of at least 4 members (excludes halogenated alkanes) is 3. The van der Waals surface area contributed by atoms with Gasteiger partial charge in [0.25, 0.3) is 5.91 Å². The maximum absolute atomic E-state index is 12.7. The van der Waals surface area contributed by atoms with Crippen molar-refractivity contribution < 1.29 is 28.5 Å². The molecule has 0 bridgehead atoms. The Balaban J connectivity index is 2.12. The quantitative estimate of drug-likeness (QED) is 0.178. The van der Waals surface area contributed by atoms with Crippen molar-refractivity contribution in [2.45, 2.75) is 51.5 Å². The molecule has 2 aromatic rings. The normalized spacial score (nSPS) is 12.1. The van der Waals surface area contributed by atoms with Crippen molar-refractivity contribution in [3.8, 4) is 29.6 Å². The number of carbonyl (C=O) groups is 1. The number of carbonyl (C=O) groups excluding carboxylic acids is 1. The number of nitrogens with zero attached hydrogens (tertiary/aromatic N) is 1. The summed E-state index contributed by atoms with van der Waals surface area (Å²) in [5, 5.41) is 33.9. The van der Waals surface area contributed by atoms with Crippen molar-refractivity contribution in [1.29, 1.82) is 0 Å². The fraction of sp³-hybridized carbons (Fsp3) is 0.429. The number of phenolic OH excluding ortho intramolecular Hbond substituents is 3. The molecular weight excluding hydrogens is 454 g/mol. The Kier molecular flexibility index (Phi) is 9.16. The Morgan fingerprint density at radius 1 is 1.22 bits per heavy atom. The van der Waals surface area contributed by atoms with E-state index in [1.165, 1.54) is 24.4 Å². The number of phenols is 3. The number of hydrogen-bond donors (Lipinski definition) is 5. The lowest BCUT2D eigenvalue weighted by Crippen LogP contribution is -2.36. The zero-order chi connectivity index (χ0) is 23.7. The number of aromatic nitrogens is 1. The number of hydrogen-bond acceptors (Lipinski definition) is 8. The van der Waals surface area contributed by atoms with Crippen molar-refractivity contribution >= 4 is 32.4 Å². The number of nitrogens with one attached hydrogen (secondary N) is 2. The van der Waals surface area contributed by atoms with Crippen molar-refractivity contribution in [2.24, 2.45) is 0 Å². The number of benzene rings is 1. The molecule has 0 aliphatic rings. The standard InChI is InChI=1S/C21H27N3O6S2/c1-3-5-6-7-8-9-15(12-14-10-11-17(25)19(27)18(14)26)22-20(28)16-13-31-21(23-16)24-32(29,30)4-2/h1,10-11,13,15,25-27H,4-9,12H2,2H3,(H,22,28)(H,23,24). The summed E-state index contributed by atoms with van der Waals surface area (Å²) >= 11 is 1.00. The zero-order valence-corrected chi connectivity index (χ0v) is 19.3. The van der Waals surface area contributed by atoms with Crippen LogP contribution < -0.4 is 10.0 Å². The first kappa shape index (κ1) is 25.3. The number of amides is 1. The molecule has 1 atom stereocenters. The minimum absolute atomic E-state index is 0.0684. The van der Waals surface area contributed by atoms with Gasteiger partial charge < -0.3 is 20.6 Å². The van der Waals surface area contributed by atoms with Crippen LogP contribution in [0.1, 0.15) is 55.1 Å². The highest BCUT2D eigenvalue weighted by Gasteiger charge is 2.20. The maximum Gasteiger partial charge on any atom is 0.271 e. The second-order valence-electron chi connectivity index (χ2n) is 7.16. The molecule has 1 aromatic carbocycles. The third-order valence-corrected chi connectivity index (χ3v) is 6.90. The molecule has 1 unspecified atom stereocenters. The van der Waals surface area contributed by atoms with Crippen LogP contribution in [0, 0.1) is 12.3 Å². The predicted octanol–water partition coefficient (Wildman–Crippen LogP) is 2.95. The van der Waals surface area contributed by atoms with E-state index >= 15 is 0 Å². The fourth-order valence-electron chi connectivity index (χ4n) is 2.95. The van der Waals surface area contributed by atoms with Gasteiger partial charge >= 0.3 is 0 Å². The van der Waals surface area contributed by atoms with E-state index in [2.05, 4.69) is 20.9 Å². The van der Waals surface area contributed by atoms with E-state index in [0.29, 0.717) is 18.4 Å². The lowest BCUT2D eigenvalue weighted by atomic mass is 9.98. The maximum atomic E-state index is 12.7. The molecule has 0 saturated heterocycles. The number of terminal acetylenes is 1. The Morgan fingerprint density at radius 2 is 1.97 bits per heavy atom. The number of aromatic hydroxyl groups is 3. The minimum atomic E-state index is -3.50. The first-order chi connectivity index (χ1) is 15.2. The summed E-state index contributed by atoms with van der Waals surface area (Å²) in [5.41, 5.74) is 0.433. The minimum Gasteiger partial charge on any atom is -0.504 e. The summed E-state index contributed by atoms with van der Waals surface area (Å²) < 4.78 is 25.7. The van der Waals surface area contributed by atoms with Gasteiger partial charge in [-0.15, -0.1) is 23.7 Å². The highest BCUT2D eigenvalue weighted by atomic mass is 32.2. The van der Waals surface area contributed by atoms with Crippen LogP contribution >= 0.6 is 11.3 Å². The van der Waals surface area contributed by atoms with E-state index in [-0.39, 0.29) is 23.0 Å². The van der Waals surface area contributed by atoms with Gasteiger partial charge in [0.05, 0.1) is 5.75 Å². The van der Waals surface area contributed by atoms with Crippen LogP contribution in [0.5, 0.6) is 17.2 Å². The van der Waals surface area contributed by atoms with Gasteiger partial charge in [-0.2, -0.15) is 0 Å². The van der Waals surface area contributed by atoms with Gasteiger partial charge in [0.2, 0.25) is 15.8 Å². The molecule has 5 N–H and O–H groups in total. The number of sulfonamides is 1. The van der Waals surface area contributed by atoms with Gasteiger partial charge in [0.15, 0.2) is 16.6 Å². The first-order valence-electron chi connectivity index (χ1n) is 10.1. The third-order valence-electron chi connectivity index (χ3n) is 4.75. The molecule has 0 radical (unpaired) electrons. The van der Waals surface area contributed by atoms with Gasteiger partial charge in [-0.3, -0.25) is 9.52 Å². The van der Waals surface area contributed by atoms with E-state index in [4.69, 9.17) is 6.42 Å². The lowest BCUT2D eigenvalue weighted by molar-refractivity contribution is 0.0929. The summed E-state index contributed by atoms with van der Waals surface area (Å²) in [6, 6.07) is 2.34. The van der Waals surface area contributed by atoms with Crippen LogP contribution in [-0.4, -0.2) is 46.4 Å². The smallest absolute Gasteiger partial charge is 0.271 e. The van der Waals surface area contributed by atoms with E-state index in [0.717, 1.165) is 30.6 Å². The Labute approximate surface area is 191 Å². The fourth-order valence-corrected chi connectivity index (χ4v) is 4.51. The van der Waals surface area contributed by atoms with Gasteiger partial charge in [-0.1, -0.05) is 18.9 Å². The summed E-state index contributed by atoms with van der Waals surface area (Å²) in [5.74, 6) is 0.483. The second-order valence-corrected chi connectivity index (χ2v) is 10.0. The van der Waals surface area contributed by atoms with Crippen LogP contribution in [-0.2, 0) is 16.4 Å². The topological polar surface area (TPSA) is 149 Å². The van der Waals surface area contributed by atoms with E-state index in [1.54, 1.807) is 0 Å². The van der Waals surface area contributed by atoms with Gasteiger partial charge in [0, 0.05) is 23.4 Å². The Morgan fingerprint density at radius 3 is 2.66 bits per heavy atom. The van der Waals surface area contributed by atoms with Crippen molar-refractivity contribution in [1.82, 2.24) is 10.3 Å². The van der Waals surface area contributed by atoms with E-state index < -0.39 is 39.2 Å². The number of anilines is 1. The molecule has 2 rings (SSSR count). The largest absolute Gasteiger partial charge is 0.504 e. The monoisotopic (exact) mass is 481 g/mol. The second kappa shape index (κ2) is 11.6. The highest BCUT2D eigenvalue weighted by molar-refractivity contribution is 7.92. The molecule has 0 aliphatic heterocycles. The molecule has 1 aromatic heterocycles. The van der Waals surface area contributed by atoms with Gasteiger partial charge in [-0.05, 0) is 32.3 Å². The first-order valence-corrected chi connectivity index (χ1v) is 12.6. The third kappa shape index (κ3) is 7.32. The molecule has 9 nitrogen and oxygen atoms in total. The zero-order valence-electron chi connectivity index (χ0n) is 17.7. The van der Waals surface area contributed by atoms with Crippen molar-refractivity contribution in [2.75, 3.05) is 10.5 Å². The van der Waals surface area contributed by atoms with E-state index in [1.807, 2.05) is 0 Å². The van der Waals surface area contributed by atoms with Crippen molar-refractivity contribution in [3.05, 3.63) is 28.8 Å². The van der Waals surface area contributed by atoms with Gasteiger partial charge in [-0.25, -0.2) is 13.4 Å². The van der Waals surface area contributed by atoms with Gasteiger partial charge in [0.1, 0.15) is 5.69 Å². The molecule has 0 saturated carbocycles. The molecule has 0 fully saturated rings. The molecule has 1 heterocycles. The summed E-state index contributed by atoms with van der Waals surface area (Å²) in [6.07, 6.45) is 9.22. The number of rotatable bonds is 12. The number of thiazole rings is 1. The SMILES string of the molecule is C#CCCCCCC(Cc1ccc(O)c(O)c1O)NC(=O)c1csc(NS(=O)(=O)CC)n1. The Bertz CT molecular complexity index is 1080. The van der Waals surface area contributed by atoms with Crippen LogP contribution in [0.25, 0.3) is 0 Å². The molecule has 174 valence electrons. The Hall–Kier alpha value is -2.97. The molecule has 0 spiro atoms. The van der Waals surface area contributed by atoms with Crippen LogP contribution in [0.3, 0.4) is 0 Å². The molecule has 11 heteroatoms.